The maximum atomic E-state index is 5.85. The molecule has 0 fully saturated rings. The van der Waals surface area contributed by atoms with E-state index in [1.54, 1.807) is 0 Å². The number of terminal acetylenes is 1. The van der Waals surface area contributed by atoms with Crippen LogP contribution in [0.25, 0.3) is 0 Å². The van der Waals surface area contributed by atoms with Gasteiger partial charge < -0.3 is 0 Å². The highest BCUT2D eigenvalue weighted by molar-refractivity contribution is 6.30. The maximum Gasteiger partial charge on any atom is 0.145 e. The number of aryl methyl sites for hydroxylation is 1. The molecule has 0 amide bonds. The average Bonchev–Trinajstić information content (AvgIpc) is 2.01. The molecule has 1 aromatic heterocycles. The highest BCUT2D eigenvalue weighted by Gasteiger charge is 2.07. The van der Waals surface area contributed by atoms with Crippen molar-refractivity contribution < 1.29 is 0 Å². The molecular weight excluding hydrogens is 170 g/mol. The first-order valence-corrected chi connectivity index (χ1v) is 4.05. The third kappa shape index (κ3) is 1.31. The fourth-order valence-corrected chi connectivity index (χ4v) is 1.39. The summed E-state index contributed by atoms with van der Waals surface area (Å²) < 4.78 is 0. The van der Waals surface area contributed by atoms with Crippen molar-refractivity contribution in [3.8, 4) is 12.3 Å². The van der Waals surface area contributed by atoms with Gasteiger partial charge in [-0.1, -0.05) is 17.5 Å². The van der Waals surface area contributed by atoms with Crippen LogP contribution < -0.4 is 0 Å². The van der Waals surface area contributed by atoms with E-state index in [4.69, 9.17) is 18.0 Å². The van der Waals surface area contributed by atoms with E-state index in [2.05, 4.69) is 10.9 Å². The van der Waals surface area contributed by atoms with E-state index in [1.807, 2.05) is 20.8 Å². The second-order valence-electron chi connectivity index (χ2n) is 2.76. The van der Waals surface area contributed by atoms with Gasteiger partial charge in [-0.25, -0.2) is 4.98 Å². The molecule has 0 unspecified atom stereocenters. The van der Waals surface area contributed by atoms with E-state index < -0.39 is 0 Å². The van der Waals surface area contributed by atoms with Gasteiger partial charge in [0.15, 0.2) is 0 Å². The molecule has 0 saturated carbocycles. The summed E-state index contributed by atoms with van der Waals surface area (Å²) >= 11 is 5.85. The molecule has 1 aromatic rings. The van der Waals surface area contributed by atoms with Gasteiger partial charge in [0.1, 0.15) is 5.15 Å². The molecule has 1 rings (SSSR count). The second kappa shape index (κ2) is 3.16. The first-order valence-electron chi connectivity index (χ1n) is 3.67. The van der Waals surface area contributed by atoms with Crippen LogP contribution in [-0.2, 0) is 0 Å². The topological polar surface area (TPSA) is 12.9 Å². The zero-order valence-electron chi connectivity index (χ0n) is 7.40. The Balaban J connectivity index is 3.54. The number of nitrogens with zero attached hydrogens (tertiary/aromatic N) is 1. The summed E-state index contributed by atoms with van der Waals surface area (Å²) in [5, 5.41) is 0.429. The van der Waals surface area contributed by atoms with Gasteiger partial charge in [-0.05, 0) is 31.9 Å². The third-order valence-electron chi connectivity index (χ3n) is 2.10. The third-order valence-corrected chi connectivity index (χ3v) is 2.37. The predicted molar refractivity (Wildman–Crippen MR) is 51.4 cm³/mol. The van der Waals surface area contributed by atoms with Gasteiger partial charge in [-0.3, -0.25) is 0 Å². The van der Waals surface area contributed by atoms with E-state index in [0.717, 1.165) is 16.8 Å². The van der Waals surface area contributed by atoms with Gasteiger partial charge in [0, 0.05) is 5.69 Å². The average molecular weight is 180 g/mol. The van der Waals surface area contributed by atoms with Gasteiger partial charge in [-0.15, -0.1) is 6.42 Å². The second-order valence-corrected chi connectivity index (χ2v) is 3.12. The van der Waals surface area contributed by atoms with Gasteiger partial charge in [-0.2, -0.15) is 0 Å². The van der Waals surface area contributed by atoms with Gasteiger partial charge in [0.25, 0.3) is 0 Å². The molecule has 1 heterocycles. The summed E-state index contributed by atoms with van der Waals surface area (Å²) in [6, 6.07) is 0. The minimum atomic E-state index is 0.429. The first kappa shape index (κ1) is 9.09. The van der Waals surface area contributed by atoms with E-state index in [9.17, 15) is 0 Å². The van der Waals surface area contributed by atoms with E-state index in [0.29, 0.717) is 10.7 Å². The van der Waals surface area contributed by atoms with Crippen molar-refractivity contribution >= 4 is 11.6 Å². The monoisotopic (exact) mass is 179 g/mol. The number of hydrogen-bond donors (Lipinski definition) is 0. The van der Waals surface area contributed by atoms with Crippen LogP contribution in [0.1, 0.15) is 22.4 Å². The standard InChI is InChI=1S/C10H10ClN/c1-5-9-7(3)6(2)8(4)12-10(9)11/h1H,2-4H3. The van der Waals surface area contributed by atoms with Crippen molar-refractivity contribution in [3.63, 3.8) is 0 Å². The van der Waals surface area contributed by atoms with Crippen molar-refractivity contribution in [2.45, 2.75) is 20.8 Å². The van der Waals surface area contributed by atoms with Crippen molar-refractivity contribution in [1.29, 1.82) is 0 Å². The molecule has 0 saturated heterocycles. The number of halogens is 1. The Hall–Kier alpha value is -1.00. The number of pyridine rings is 1. The fourth-order valence-electron chi connectivity index (χ4n) is 1.07. The molecule has 0 bridgehead atoms. The van der Waals surface area contributed by atoms with Crippen LogP contribution in [0.4, 0.5) is 0 Å². The summed E-state index contributed by atoms with van der Waals surface area (Å²) in [4.78, 5) is 4.13. The van der Waals surface area contributed by atoms with Crippen LogP contribution in [0.5, 0.6) is 0 Å². The molecule has 0 aliphatic rings. The molecule has 0 aliphatic carbocycles. The summed E-state index contributed by atoms with van der Waals surface area (Å²) in [5.74, 6) is 2.54. The minimum Gasteiger partial charge on any atom is -0.240 e. The van der Waals surface area contributed by atoms with E-state index in [-0.39, 0.29) is 0 Å². The normalized spacial score (nSPS) is 9.58. The van der Waals surface area contributed by atoms with Gasteiger partial charge >= 0.3 is 0 Å². The molecule has 1 nitrogen and oxygen atoms in total. The molecule has 0 radical (unpaired) electrons. The number of rotatable bonds is 0. The van der Waals surface area contributed by atoms with Crippen molar-refractivity contribution in [2.75, 3.05) is 0 Å². The highest BCUT2D eigenvalue weighted by Crippen LogP contribution is 2.21. The molecule has 0 aliphatic heterocycles. The van der Waals surface area contributed by atoms with Crippen LogP contribution in [0, 0.1) is 33.1 Å². The molecule has 0 spiro atoms. The maximum absolute atomic E-state index is 5.85. The van der Waals surface area contributed by atoms with Gasteiger partial charge in [0.05, 0.1) is 5.56 Å². The Kier molecular flexibility index (Phi) is 2.40. The molecule has 0 N–H and O–H groups in total. The Morgan fingerprint density at radius 3 is 2.33 bits per heavy atom. The highest BCUT2D eigenvalue weighted by atomic mass is 35.5. The van der Waals surface area contributed by atoms with Crippen LogP contribution in [0.3, 0.4) is 0 Å². The van der Waals surface area contributed by atoms with Crippen molar-refractivity contribution in [2.24, 2.45) is 0 Å². The Bertz CT molecular complexity index is 361. The molecule has 12 heavy (non-hydrogen) atoms. The van der Waals surface area contributed by atoms with Gasteiger partial charge in [0.2, 0.25) is 0 Å². The fraction of sp³-hybridized carbons (Fsp3) is 0.300. The molecule has 62 valence electrons. The predicted octanol–water partition coefficient (Wildman–Crippen LogP) is 2.64. The summed E-state index contributed by atoms with van der Waals surface area (Å²) in [6.07, 6.45) is 5.30. The van der Waals surface area contributed by atoms with Crippen LogP contribution in [0.2, 0.25) is 5.15 Å². The van der Waals surface area contributed by atoms with Crippen molar-refractivity contribution in [3.05, 3.63) is 27.5 Å². The van der Waals surface area contributed by atoms with Crippen LogP contribution in [-0.4, -0.2) is 4.98 Å². The van der Waals surface area contributed by atoms with E-state index in [1.165, 1.54) is 0 Å². The lowest BCUT2D eigenvalue weighted by molar-refractivity contribution is 1.11. The largest absolute Gasteiger partial charge is 0.240 e. The Labute approximate surface area is 77.8 Å². The molecule has 2 heteroatoms. The lowest BCUT2D eigenvalue weighted by Gasteiger charge is -2.07. The zero-order chi connectivity index (χ0) is 9.30. The zero-order valence-corrected chi connectivity index (χ0v) is 8.16. The van der Waals surface area contributed by atoms with E-state index >= 15 is 0 Å². The molecular formula is C10H10ClN. The van der Waals surface area contributed by atoms with Crippen molar-refractivity contribution in [1.82, 2.24) is 4.98 Å². The smallest absolute Gasteiger partial charge is 0.145 e. The summed E-state index contributed by atoms with van der Waals surface area (Å²) in [5.41, 5.74) is 3.82. The molecule has 0 atom stereocenters. The summed E-state index contributed by atoms with van der Waals surface area (Å²) in [6.45, 7) is 5.88. The molecule has 0 aromatic carbocycles. The lowest BCUT2D eigenvalue weighted by atomic mass is 10.1. The summed E-state index contributed by atoms with van der Waals surface area (Å²) in [7, 11) is 0. The lowest BCUT2D eigenvalue weighted by Crippen LogP contribution is -1.96. The Morgan fingerprint density at radius 2 is 1.83 bits per heavy atom. The Morgan fingerprint density at radius 1 is 1.25 bits per heavy atom. The minimum absolute atomic E-state index is 0.429. The SMILES string of the molecule is C#Cc1c(Cl)nc(C)c(C)c1C. The van der Waals surface area contributed by atoms with Crippen LogP contribution in [0.15, 0.2) is 0 Å². The first-order chi connectivity index (χ1) is 5.57. The number of aromatic nitrogens is 1. The quantitative estimate of drug-likeness (QED) is 0.441. The number of hydrogen-bond acceptors (Lipinski definition) is 1. The van der Waals surface area contributed by atoms with Crippen LogP contribution >= 0.6 is 11.6 Å².